The summed E-state index contributed by atoms with van der Waals surface area (Å²) in [6.45, 7) is 2.71. The molecule has 0 radical (unpaired) electrons. The molecule has 0 heterocycles. The Morgan fingerprint density at radius 2 is 1.97 bits per heavy atom. The number of nitrogens with one attached hydrogen (secondary N) is 1. The van der Waals surface area contributed by atoms with Crippen LogP contribution in [-0.4, -0.2) is 18.8 Å². The van der Waals surface area contributed by atoms with E-state index in [4.69, 9.17) is 16.3 Å². The maximum atomic E-state index is 13.2. The number of methoxy groups -OCH3 is 1. The van der Waals surface area contributed by atoms with Gasteiger partial charge >= 0.3 is 0 Å². The van der Waals surface area contributed by atoms with Gasteiger partial charge in [-0.25, -0.2) is 0 Å². The summed E-state index contributed by atoms with van der Waals surface area (Å²) in [5, 5.41) is 3.73. The second kappa shape index (κ2) is 9.37. The highest BCUT2D eigenvalue weighted by Crippen LogP contribution is 2.62. The Balaban J connectivity index is 1.27. The first-order chi connectivity index (χ1) is 16.4. The van der Waals surface area contributed by atoms with E-state index in [1.165, 1.54) is 11.1 Å². The third-order valence-corrected chi connectivity index (χ3v) is 9.17. The Kier molecular flexibility index (Phi) is 6.45. The number of aryl methyl sites for hydroxylation is 1. The van der Waals surface area contributed by atoms with Gasteiger partial charge in [0.25, 0.3) is 0 Å². The molecule has 3 aliphatic rings. The zero-order valence-electron chi connectivity index (χ0n) is 20.1. The third kappa shape index (κ3) is 4.26. The lowest BCUT2D eigenvalue weighted by molar-refractivity contribution is -0.129. The minimum atomic E-state index is -0.227. The smallest absolute Gasteiger partial charge is 0.220 e. The molecule has 0 unspecified atom stereocenters. The predicted molar refractivity (Wildman–Crippen MR) is 134 cm³/mol. The maximum Gasteiger partial charge on any atom is 0.220 e. The van der Waals surface area contributed by atoms with Crippen LogP contribution in [0.25, 0.3) is 0 Å². The Morgan fingerprint density at radius 3 is 2.74 bits per heavy atom. The highest BCUT2D eigenvalue weighted by Gasteiger charge is 2.58. The molecule has 2 aromatic rings. The molecule has 5 atom stereocenters. The molecule has 4 nitrogen and oxygen atoms in total. The van der Waals surface area contributed by atoms with Crippen LogP contribution >= 0.6 is 11.6 Å². The Hall–Kier alpha value is -2.33. The summed E-state index contributed by atoms with van der Waals surface area (Å²) < 4.78 is 5.45. The van der Waals surface area contributed by atoms with Crippen molar-refractivity contribution < 1.29 is 14.3 Å². The van der Waals surface area contributed by atoms with Crippen LogP contribution in [0.5, 0.6) is 5.75 Å². The Bertz CT molecular complexity index is 1080. The Labute approximate surface area is 207 Å². The second-order valence-corrected chi connectivity index (χ2v) is 11.1. The number of hydrogen-bond donors (Lipinski definition) is 1. The fourth-order valence-corrected chi connectivity index (χ4v) is 7.34. The van der Waals surface area contributed by atoms with E-state index in [-0.39, 0.29) is 11.3 Å². The van der Waals surface area contributed by atoms with E-state index in [9.17, 15) is 9.59 Å². The largest absolute Gasteiger partial charge is 0.497 e. The molecule has 0 saturated heterocycles. The molecule has 5 rings (SSSR count). The quantitative estimate of drug-likeness (QED) is 0.544. The van der Waals surface area contributed by atoms with Gasteiger partial charge in [-0.3, -0.25) is 9.59 Å². The second-order valence-electron chi connectivity index (χ2n) is 10.7. The van der Waals surface area contributed by atoms with Gasteiger partial charge in [0.05, 0.1) is 7.11 Å². The van der Waals surface area contributed by atoms with E-state index in [0.717, 1.165) is 43.4 Å². The molecular formula is C29H34ClNO3. The van der Waals surface area contributed by atoms with Crippen molar-refractivity contribution in [2.24, 2.45) is 23.2 Å². The van der Waals surface area contributed by atoms with Gasteiger partial charge in [-0.05, 0) is 96.7 Å². The summed E-state index contributed by atoms with van der Waals surface area (Å²) in [7, 11) is 1.72. The molecule has 0 spiro atoms. The molecular weight excluding hydrogens is 446 g/mol. The summed E-state index contributed by atoms with van der Waals surface area (Å²) >= 11 is 5.95. The van der Waals surface area contributed by atoms with Crippen LogP contribution in [0.2, 0.25) is 5.02 Å². The lowest BCUT2D eigenvalue weighted by atomic mass is 9.54. The first kappa shape index (κ1) is 23.4. The number of amides is 1. The molecule has 3 aliphatic carbocycles. The van der Waals surface area contributed by atoms with Crippen LogP contribution < -0.4 is 10.1 Å². The number of carbonyl (C=O) groups is 2. The molecule has 2 fully saturated rings. The number of rotatable bonds is 6. The topological polar surface area (TPSA) is 55.4 Å². The van der Waals surface area contributed by atoms with Gasteiger partial charge in [-0.1, -0.05) is 36.7 Å². The zero-order chi connectivity index (χ0) is 23.9. The van der Waals surface area contributed by atoms with Crippen molar-refractivity contribution in [2.75, 3.05) is 7.11 Å². The van der Waals surface area contributed by atoms with Crippen molar-refractivity contribution in [1.29, 1.82) is 0 Å². The number of hydrogen-bond acceptors (Lipinski definition) is 3. The van der Waals surface area contributed by atoms with Gasteiger partial charge < -0.3 is 10.1 Å². The van der Waals surface area contributed by atoms with Gasteiger partial charge in [0, 0.05) is 29.8 Å². The summed E-state index contributed by atoms with van der Waals surface area (Å²) in [5.41, 5.74) is 3.67. The van der Waals surface area contributed by atoms with Gasteiger partial charge in [0.2, 0.25) is 5.91 Å². The monoisotopic (exact) mass is 479 g/mol. The lowest BCUT2D eigenvalue weighted by Crippen LogP contribution is -2.44. The van der Waals surface area contributed by atoms with Crippen LogP contribution in [0.3, 0.4) is 0 Å². The number of fused-ring (bicyclic) bond motifs is 5. The van der Waals surface area contributed by atoms with Crippen LogP contribution in [0.15, 0.2) is 42.5 Å². The number of benzene rings is 2. The summed E-state index contributed by atoms with van der Waals surface area (Å²) in [4.78, 5) is 25.8. The molecule has 1 amide bonds. The Morgan fingerprint density at radius 1 is 1.18 bits per heavy atom. The van der Waals surface area contributed by atoms with Crippen molar-refractivity contribution in [1.82, 2.24) is 5.32 Å². The minimum absolute atomic E-state index is 0.0597. The number of ketones is 1. The molecule has 2 saturated carbocycles. The van der Waals surface area contributed by atoms with Crippen molar-refractivity contribution in [3.63, 3.8) is 0 Å². The van der Waals surface area contributed by atoms with Gasteiger partial charge in [0.1, 0.15) is 11.5 Å². The molecule has 1 N–H and O–H groups in total. The van der Waals surface area contributed by atoms with E-state index in [2.05, 4.69) is 30.4 Å². The predicted octanol–water partition coefficient (Wildman–Crippen LogP) is 6.10. The minimum Gasteiger partial charge on any atom is -0.497 e. The van der Waals surface area contributed by atoms with Crippen molar-refractivity contribution in [2.45, 2.75) is 64.3 Å². The molecule has 0 aromatic heterocycles. The highest BCUT2D eigenvalue weighted by molar-refractivity contribution is 6.30. The number of ether oxygens (including phenoxy) is 1. The van der Waals surface area contributed by atoms with Crippen LogP contribution in [0.1, 0.15) is 68.1 Å². The fourth-order valence-electron chi connectivity index (χ4n) is 7.22. The van der Waals surface area contributed by atoms with Crippen molar-refractivity contribution >= 4 is 23.3 Å². The van der Waals surface area contributed by atoms with Crippen LogP contribution in [0.4, 0.5) is 0 Å². The maximum absolute atomic E-state index is 13.2. The molecule has 5 heteroatoms. The van der Waals surface area contributed by atoms with Gasteiger partial charge in [-0.15, -0.1) is 0 Å². The molecule has 34 heavy (non-hydrogen) atoms. The standard InChI is InChI=1S/C29H34ClNO3/c1-29-14-13-24-23-11-9-22(34-2)15-19(23)5-10-25(24)28(29)20(16-26(29)32)6-12-27(33)31-17-18-3-7-21(30)8-4-18/h3-4,7-9,11,15,20,24-25,28H,5-6,10,12-14,16-17H2,1-2H3,(H,31,33)/t20-,24-,25-,28+,29-/m1/s1. The van der Waals surface area contributed by atoms with E-state index in [0.29, 0.717) is 53.9 Å². The lowest BCUT2D eigenvalue weighted by Gasteiger charge is -2.50. The molecule has 180 valence electrons. The number of Topliss-reactive ketones (excluding diaryl/α,β-unsaturated/α-hetero) is 1. The average Bonchev–Trinajstić information content (AvgIpc) is 3.11. The van der Waals surface area contributed by atoms with E-state index in [1.54, 1.807) is 7.11 Å². The normalized spacial score (nSPS) is 29.7. The number of carbonyl (C=O) groups excluding carboxylic acids is 2. The van der Waals surface area contributed by atoms with E-state index in [1.807, 2.05) is 24.3 Å². The van der Waals surface area contributed by atoms with E-state index < -0.39 is 0 Å². The summed E-state index contributed by atoms with van der Waals surface area (Å²) in [6.07, 6.45) is 6.10. The molecule has 0 bridgehead atoms. The van der Waals surface area contributed by atoms with Crippen LogP contribution in [0, 0.1) is 23.2 Å². The van der Waals surface area contributed by atoms with Gasteiger partial charge in [0.15, 0.2) is 0 Å². The SMILES string of the molecule is COc1ccc2c(c1)CC[C@H]1[C@@H]3[C@H](CCC(=O)NCc4ccc(Cl)cc4)CC(=O)[C@@]3(C)CC[C@H]21. The molecule has 0 aliphatic heterocycles. The summed E-state index contributed by atoms with van der Waals surface area (Å²) in [6, 6.07) is 14.1. The zero-order valence-corrected chi connectivity index (χ0v) is 20.9. The van der Waals surface area contributed by atoms with Crippen molar-refractivity contribution in [3.05, 3.63) is 64.2 Å². The summed E-state index contributed by atoms with van der Waals surface area (Å²) in [5.74, 6) is 3.11. The molecule has 2 aromatic carbocycles. The first-order valence-electron chi connectivity index (χ1n) is 12.6. The fraction of sp³-hybridized carbons (Fsp3) is 0.517. The third-order valence-electron chi connectivity index (χ3n) is 8.92. The van der Waals surface area contributed by atoms with Crippen molar-refractivity contribution in [3.8, 4) is 5.75 Å². The average molecular weight is 480 g/mol. The van der Waals surface area contributed by atoms with Crippen LogP contribution in [-0.2, 0) is 22.6 Å². The first-order valence-corrected chi connectivity index (χ1v) is 13.0. The van der Waals surface area contributed by atoms with E-state index >= 15 is 0 Å². The number of halogens is 1. The highest BCUT2D eigenvalue weighted by atomic mass is 35.5. The van der Waals surface area contributed by atoms with Gasteiger partial charge in [-0.2, -0.15) is 0 Å².